The van der Waals surface area contributed by atoms with Crippen molar-refractivity contribution in [2.75, 3.05) is 32.7 Å². The number of ether oxygens (including phenoxy) is 2. The predicted molar refractivity (Wildman–Crippen MR) is 111 cm³/mol. The van der Waals surface area contributed by atoms with Gasteiger partial charge in [-0.2, -0.15) is 0 Å². The molecule has 1 aromatic carbocycles. The quantitative estimate of drug-likeness (QED) is 0.685. The van der Waals surface area contributed by atoms with E-state index in [1.54, 1.807) is 9.80 Å². The molecule has 0 N–H and O–H groups in total. The van der Waals surface area contributed by atoms with Crippen LogP contribution < -0.4 is 0 Å². The zero-order valence-electron chi connectivity index (χ0n) is 18.0. The topological polar surface area (TPSA) is 79.4 Å². The summed E-state index contributed by atoms with van der Waals surface area (Å²) in [5.41, 5.74) is 0.387. The summed E-state index contributed by atoms with van der Waals surface area (Å²) in [4.78, 5) is 41.5. The highest BCUT2D eigenvalue weighted by Crippen LogP contribution is 2.28. The summed E-state index contributed by atoms with van der Waals surface area (Å²) in [6, 6.07) is 9.51. The molecule has 2 fully saturated rings. The molecule has 3 rings (SSSR count). The van der Waals surface area contributed by atoms with Gasteiger partial charge in [0.1, 0.15) is 18.5 Å². The SMILES string of the molecule is CC(C)(C)OC(=O)N1C[C@@H](N2CCN(C(=O)OCc3ccccc3)CC2)[C@@H]1CC=O. The van der Waals surface area contributed by atoms with Gasteiger partial charge in [-0.15, -0.1) is 0 Å². The van der Waals surface area contributed by atoms with Gasteiger partial charge in [-0.1, -0.05) is 30.3 Å². The molecule has 164 valence electrons. The van der Waals surface area contributed by atoms with Gasteiger partial charge >= 0.3 is 12.2 Å². The highest BCUT2D eigenvalue weighted by atomic mass is 16.6. The smallest absolute Gasteiger partial charge is 0.410 e. The number of rotatable bonds is 5. The van der Waals surface area contributed by atoms with E-state index < -0.39 is 5.60 Å². The second kappa shape index (κ2) is 9.47. The third-order valence-corrected chi connectivity index (χ3v) is 5.44. The van der Waals surface area contributed by atoms with Crippen molar-refractivity contribution in [3.63, 3.8) is 0 Å². The first-order chi connectivity index (χ1) is 14.3. The fourth-order valence-corrected chi connectivity index (χ4v) is 3.85. The normalized spacial score (nSPS) is 22.2. The molecule has 0 bridgehead atoms. The minimum absolute atomic E-state index is 0.102. The lowest BCUT2D eigenvalue weighted by molar-refractivity contribution is -0.112. The van der Waals surface area contributed by atoms with E-state index in [9.17, 15) is 14.4 Å². The second-order valence-electron chi connectivity index (χ2n) is 8.73. The Balaban J connectivity index is 1.47. The van der Waals surface area contributed by atoms with Crippen LogP contribution in [0.2, 0.25) is 0 Å². The Bertz CT molecular complexity index is 741. The van der Waals surface area contributed by atoms with Gasteiger partial charge in [0, 0.05) is 45.2 Å². The van der Waals surface area contributed by atoms with E-state index in [4.69, 9.17) is 9.47 Å². The molecule has 2 amide bonds. The Kier molecular flexibility index (Phi) is 6.97. The van der Waals surface area contributed by atoms with Crippen molar-refractivity contribution in [3.8, 4) is 0 Å². The molecule has 0 saturated carbocycles. The summed E-state index contributed by atoms with van der Waals surface area (Å²) >= 11 is 0. The number of hydrogen-bond acceptors (Lipinski definition) is 6. The molecule has 2 atom stereocenters. The summed E-state index contributed by atoms with van der Waals surface area (Å²) in [6.45, 7) is 8.76. The molecule has 8 heteroatoms. The predicted octanol–water partition coefficient (Wildman–Crippen LogP) is 2.52. The van der Waals surface area contributed by atoms with Crippen LogP contribution in [0.3, 0.4) is 0 Å². The molecular formula is C22H31N3O5. The van der Waals surface area contributed by atoms with Crippen molar-refractivity contribution < 1.29 is 23.9 Å². The summed E-state index contributed by atoms with van der Waals surface area (Å²) in [6.07, 6.45) is 0.440. The Morgan fingerprint density at radius 3 is 2.33 bits per heavy atom. The van der Waals surface area contributed by atoms with Crippen LogP contribution in [0, 0.1) is 0 Å². The Hall–Kier alpha value is -2.61. The molecule has 2 heterocycles. The third kappa shape index (κ3) is 5.50. The highest BCUT2D eigenvalue weighted by molar-refractivity contribution is 5.71. The molecule has 0 aromatic heterocycles. The Morgan fingerprint density at radius 2 is 1.73 bits per heavy atom. The molecule has 8 nitrogen and oxygen atoms in total. The van der Waals surface area contributed by atoms with Crippen molar-refractivity contribution in [1.82, 2.24) is 14.7 Å². The summed E-state index contributed by atoms with van der Waals surface area (Å²) in [7, 11) is 0. The lowest BCUT2D eigenvalue weighted by Crippen LogP contribution is -2.70. The van der Waals surface area contributed by atoms with E-state index in [1.807, 2.05) is 51.1 Å². The number of piperazine rings is 1. The van der Waals surface area contributed by atoms with Gasteiger partial charge in [0.25, 0.3) is 0 Å². The number of nitrogens with zero attached hydrogens (tertiary/aromatic N) is 3. The number of carbonyl (C=O) groups excluding carboxylic acids is 3. The fourth-order valence-electron chi connectivity index (χ4n) is 3.85. The van der Waals surface area contributed by atoms with Gasteiger partial charge < -0.3 is 24.1 Å². The first-order valence-corrected chi connectivity index (χ1v) is 10.4. The van der Waals surface area contributed by atoms with Crippen LogP contribution >= 0.6 is 0 Å². The van der Waals surface area contributed by atoms with E-state index in [1.165, 1.54) is 0 Å². The van der Waals surface area contributed by atoms with Gasteiger partial charge in [0.2, 0.25) is 0 Å². The van der Waals surface area contributed by atoms with Crippen LogP contribution in [0.15, 0.2) is 30.3 Å². The number of hydrogen-bond donors (Lipinski definition) is 0. The standard InChI is InChI=1S/C22H31N3O5/c1-22(2,3)30-21(28)25-15-19(18(25)9-14-26)23-10-12-24(13-11-23)20(27)29-16-17-7-5-4-6-8-17/h4-8,14,18-19H,9-13,15-16H2,1-3H3/t18-,19+/m0/s1. The number of benzene rings is 1. The third-order valence-electron chi connectivity index (χ3n) is 5.44. The van der Waals surface area contributed by atoms with E-state index in [0.717, 1.165) is 11.8 Å². The molecular weight excluding hydrogens is 386 g/mol. The number of carbonyl (C=O) groups is 3. The summed E-state index contributed by atoms with van der Waals surface area (Å²) in [5, 5.41) is 0. The largest absolute Gasteiger partial charge is 0.445 e. The summed E-state index contributed by atoms with van der Waals surface area (Å²) < 4.78 is 10.9. The minimum Gasteiger partial charge on any atom is -0.445 e. The van der Waals surface area contributed by atoms with Gasteiger partial charge in [-0.3, -0.25) is 4.90 Å². The molecule has 0 unspecified atom stereocenters. The van der Waals surface area contributed by atoms with Crippen LogP contribution in [0.25, 0.3) is 0 Å². The minimum atomic E-state index is -0.570. The van der Waals surface area contributed by atoms with E-state index in [-0.39, 0.29) is 37.3 Å². The van der Waals surface area contributed by atoms with Gasteiger partial charge in [0.05, 0.1) is 6.04 Å². The monoisotopic (exact) mass is 417 g/mol. The van der Waals surface area contributed by atoms with Crippen molar-refractivity contribution in [2.24, 2.45) is 0 Å². The van der Waals surface area contributed by atoms with Crippen LogP contribution in [-0.4, -0.2) is 83.6 Å². The number of aldehydes is 1. The average molecular weight is 418 g/mol. The van der Waals surface area contributed by atoms with E-state index in [0.29, 0.717) is 32.7 Å². The first kappa shape index (κ1) is 22.1. The maximum Gasteiger partial charge on any atom is 0.410 e. The Morgan fingerprint density at radius 1 is 1.07 bits per heavy atom. The van der Waals surface area contributed by atoms with Crippen LogP contribution in [0.5, 0.6) is 0 Å². The van der Waals surface area contributed by atoms with Crippen molar-refractivity contribution in [1.29, 1.82) is 0 Å². The maximum atomic E-state index is 12.4. The zero-order valence-corrected chi connectivity index (χ0v) is 18.0. The van der Waals surface area contributed by atoms with Gasteiger partial charge in [-0.25, -0.2) is 9.59 Å². The molecule has 2 aliphatic heterocycles. The van der Waals surface area contributed by atoms with Crippen molar-refractivity contribution in [2.45, 2.75) is 51.5 Å². The van der Waals surface area contributed by atoms with Crippen molar-refractivity contribution >= 4 is 18.5 Å². The number of likely N-dealkylation sites (tertiary alicyclic amines) is 1. The average Bonchev–Trinajstić information content (AvgIpc) is 2.69. The van der Waals surface area contributed by atoms with E-state index in [2.05, 4.69) is 4.90 Å². The molecule has 0 radical (unpaired) electrons. The second-order valence-corrected chi connectivity index (χ2v) is 8.73. The van der Waals surface area contributed by atoms with Crippen LogP contribution in [-0.2, 0) is 20.9 Å². The molecule has 0 aliphatic carbocycles. The van der Waals surface area contributed by atoms with E-state index >= 15 is 0 Å². The molecule has 1 aromatic rings. The fraction of sp³-hybridized carbons (Fsp3) is 0.591. The van der Waals surface area contributed by atoms with Crippen LogP contribution in [0.4, 0.5) is 9.59 Å². The van der Waals surface area contributed by atoms with Crippen molar-refractivity contribution in [3.05, 3.63) is 35.9 Å². The van der Waals surface area contributed by atoms with Gasteiger partial charge in [0.15, 0.2) is 0 Å². The highest BCUT2D eigenvalue weighted by Gasteiger charge is 2.46. The maximum absolute atomic E-state index is 12.4. The first-order valence-electron chi connectivity index (χ1n) is 10.4. The van der Waals surface area contributed by atoms with Gasteiger partial charge in [-0.05, 0) is 26.3 Å². The Labute approximate surface area is 177 Å². The molecule has 2 saturated heterocycles. The van der Waals surface area contributed by atoms with Crippen LogP contribution in [0.1, 0.15) is 32.8 Å². The zero-order chi connectivity index (χ0) is 21.7. The molecule has 2 aliphatic rings. The summed E-state index contributed by atoms with van der Waals surface area (Å²) in [5.74, 6) is 0. The molecule has 30 heavy (non-hydrogen) atoms. The molecule has 0 spiro atoms. The lowest BCUT2D eigenvalue weighted by Gasteiger charge is -2.53. The number of amides is 2. The lowest BCUT2D eigenvalue weighted by atomic mass is 9.92.